The summed E-state index contributed by atoms with van der Waals surface area (Å²) in [6.45, 7) is 3.96. The SMILES string of the molecule is COc1ccccc1NC(=O)c1cc(C)cc(C)c1. The number of carbonyl (C=O) groups excluding carboxylic acids is 1. The van der Waals surface area contributed by atoms with E-state index in [0.29, 0.717) is 17.0 Å². The molecule has 0 radical (unpaired) electrons. The molecule has 19 heavy (non-hydrogen) atoms. The highest BCUT2D eigenvalue weighted by atomic mass is 16.5. The minimum Gasteiger partial charge on any atom is -0.495 e. The quantitative estimate of drug-likeness (QED) is 0.910. The summed E-state index contributed by atoms with van der Waals surface area (Å²) < 4.78 is 5.21. The fourth-order valence-corrected chi connectivity index (χ4v) is 2.05. The summed E-state index contributed by atoms with van der Waals surface area (Å²) >= 11 is 0. The van der Waals surface area contributed by atoms with Gasteiger partial charge in [0.2, 0.25) is 0 Å². The summed E-state index contributed by atoms with van der Waals surface area (Å²) in [5, 5.41) is 2.87. The molecule has 0 unspecified atom stereocenters. The Kier molecular flexibility index (Phi) is 3.85. The van der Waals surface area contributed by atoms with Gasteiger partial charge in [0, 0.05) is 5.56 Å². The van der Waals surface area contributed by atoms with E-state index in [1.54, 1.807) is 7.11 Å². The third-order valence-corrected chi connectivity index (χ3v) is 2.84. The Morgan fingerprint density at radius 3 is 2.32 bits per heavy atom. The maximum absolute atomic E-state index is 12.2. The van der Waals surface area contributed by atoms with E-state index in [-0.39, 0.29) is 5.91 Å². The lowest BCUT2D eigenvalue weighted by Crippen LogP contribution is -2.13. The van der Waals surface area contributed by atoms with Crippen LogP contribution in [0.4, 0.5) is 5.69 Å². The Morgan fingerprint density at radius 2 is 1.68 bits per heavy atom. The third-order valence-electron chi connectivity index (χ3n) is 2.84. The van der Waals surface area contributed by atoms with Gasteiger partial charge in [-0.1, -0.05) is 29.3 Å². The van der Waals surface area contributed by atoms with Crippen molar-refractivity contribution in [2.24, 2.45) is 0 Å². The van der Waals surface area contributed by atoms with Crippen molar-refractivity contribution in [2.75, 3.05) is 12.4 Å². The van der Waals surface area contributed by atoms with E-state index in [9.17, 15) is 4.79 Å². The number of amides is 1. The second-order valence-corrected chi connectivity index (χ2v) is 4.53. The smallest absolute Gasteiger partial charge is 0.255 e. The first-order chi connectivity index (χ1) is 9.10. The molecule has 1 amide bonds. The number of rotatable bonds is 3. The molecule has 0 fully saturated rings. The predicted octanol–water partition coefficient (Wildman–Crippen LogP) is 3.56. The number of aryl methyl sites for hydroxylation is 2. The molecule has 0 spiro atoms. The molecular weight excluding hydrogens is 238 g/mol. The molecule has 0 atom stereocenters. The van der Waals surface area contributed by atoms with Crippen LogP contribution in [-0.2, 0) is 0 Å². The number of nitrogens with one attached hydrogen (secondary N) is 1. The molecule has 0 heterocycles. The molecule has 2 rings (SSSR count). The molecule has 2 aromatic carbocycles. The van der Waals surface area contributed by atoms with Crippen LogP contribution in [0.15, 0.2) is 42.5 Å². The highest BCUT2D eigenvalue weighted by Gasteiger charge is 2.09. The minimum atomic E-state index is -0.128. The maximum Gasteiger partial charge on any atom is 0.255 e. The summed E-state index contributed by atoms with van der Waals surface area (Å²) in [6.07, 6.45) is 0. The summed E-state index contributed by atoms with van der Waals surface area (Å²) in [5.41, 5.74) is 3.48. The summed E-state index contributed by atoms with van der Waals surface area (Å²) in [4.78, 5) is 12.2. The second kappa shape index (κ2) is 5.57. The minimum absolute atomic E-state index is 0.128. The number of hydrogen-bond acceptors (Lipinski definition) is 2. The molecule has 0 aliphatic carbocycles. The molecule has 0 aromatic heterocycles. The van der Waals surface area contributed by atoms with Crippen LogP contribution in [0.25, 0.3) is 0 Å². The Labute approximate surface area is 113 Å². The van der Waals surface area contributed by atoms with Gasteiger partial charge in [0.15, 0.2) is 0 Å². The fourth-order valence-electron chi connectivity index (χ4n) is 2.05. The summed E-state index contributed by atoms with van der Waals surface area (Å²) in [5.74, 6) is 0.525. The zero-order chi connectivity index (χ0) is 13.8. The first-order valence-corrected chi connectivity index (χ1v) is 6.13. The van der Waals surface area contributed by atoms with Crippen molar-refractivity contribution in [3.8, 4) is 5.75 Å². The monoisotopic (exact) mass is 255 g/mol. The Balaban J connectivity index is 2.25. The van der Waals surface area contributed by atoms with Crippen molar-refractivity contribution in [2.45, 2.75) is 13.8 Å². The first-order valence-electron chi connectivity index (χ1n) is 6.13. The van der Waals surface area contributed by atoms with Crippen molar-refractivity contribution < 1.29 is 9.53 Å². The van der Waals surface area contributed by atoms with E-state index in [2.05, 4.69) is 5.32 Å². The van der Waals surface area contributed by atoms with Gasteiger partial charge in [0.1, 0.15) is 5.75 Å². The topological polar surface area (TPSA) is 38.3 Å². The van der Waals surface area contributed by atoms with Crippen LogP contribution in [0.3, 0.4) is 0 Å². The second-order valence-electron chi connectivity index (χ2n) is 4.53. The Morgan fingerprint density at radius 1 is 1.05 bits per heavy atom. The number of ether oxygens (including phenoxy) is 1. The zero-order valence-electron chi connectivity index (χ0n) is 11.4. The van der Waals surface area contributed by atoms with Gasteiger partial charge < -0.3 is 10.1 Å². The van der Waals surface area contributed by atoms with Gasteiger partial charge >= 0.3 is 0 Å². The average molecular weight is 255 g/mol. The highest BCUT2D eigenvalue weighted by molar-refractivity contribution is 6.05. The number of methoxy groups -OCH3 is 1. The largest absolute Gasteiger partial charge is 0.495 e. The van der Waals surface area contributed by atoms with Crippen molar-refractivity contribution in [3.05, 3.63) is 59.2 Å². The number of anilines is 1. The molecule has 1 N–H and O–H groups in total. The number of para-hydroxylation sites is 2. The van der Waals surface area contributed by atoms with Crippen molar-refractivity contribution in [3.63, 3.8) is 0 Å². The van der Waals surface area contributed by atoms with Crippen LogP contribution in [0.5, 0.6) is 5.75 Å². The van der Waals surface area contributed by atoms with Crippen LogP contribution in [0.1, 0.15) is 21.5 Å². The molecule has 3 nitrogen and oxygen atoms in total. The van der Waals surface area contributed by atoms with Crippen LogP contribution >= 0.6 is 0 Å². The standard InChI is InChI=1S/C16H17NO2/c1-11-8-12(2)10-13(9-11)16(18)17-14-6-4-5-7-15(14)19-3/h4-10H,1-3H3,(H,17,18). The molecular formula is C16H17NO2. The molecule has 0 bridgehead atoms. The van der Waals surface area contributed by atoms with Gasteiger partial charge in [0.05, 0.1) is 12.8 Å². The zero-order valence-corrected chi connectivity index (χ0v) is 11.4. The first kappa shape index (κ1) is 13.1. The molecule has 0 saturated carbocycles. The normalized spacial score (nSPS) is 10.1. The molecule has 3 heteroatoms. The van der Waals surface area contributed by atoms with Gasteiger partial charge in [-0.2, -0.15) is 0 Å². The average Bonchev–Trinajstić information content (AvgIpc) is 2.38. The molecule has 0 aliphatic heterocycles. The number of benzene rings is 2. The number of carbonyl (C=O) groups is 1. The Hall–Kier alpha value is -2.29. The van der Waals surface area contributed by atoms with E-state index in [1.165, 1.54) is 0 Å². The van der Waals surface area contributed by atoms with E-state index in [1.807, 2.05) is 56.3 Å². The highest BCUT2D eigenvalue weighted by Crippen LogP contribution is 2.23. The van der Waals surface area contributed by atoms with Gasteiger partial charge in [-0.3, -0.25) is 4.79 Å². The van der Waals surface area contributed by atoms with Crippen LogP contribution in [-0.4, -0.2) is 13.0 Å². The van der Waals surface area contributed by atoms with Crippen molar-refractivity contribution >= 4 is 11.6 Å². The lowest BCUT2D eigenvalue weighted by atomic mass is 10.1. The third kappa shape index (κ3) is 3.13. The van der Waals surface area contributed by atoms with Crippen molar-refractivity contribution in [1.29, 1.82) is 0 Å². The van der Waals surface area contributed by atoms with Gasteiger partial charge in [-0.15, -0.1) is 0 Å². The van der Waals surface area contributed by atoms with Crippen LogP contribution in [0, 0.1) is 13.8 Å². The van der Waals surface area contributed by atoms with E-state index >= 15 is 0 Å². The maximum atomic E-state index is 12.2. The van der Waals surface area contributed by atoms with E-state index in [4.69, 9.17) is 4.74 Å². The van der Waals surface area contributed by atoms with Crippen molar-refractivity contribution in [1.82, 2.24) is 0 Å². The summed E-state index contributed by atoms with van der Waals surface area (Å²) in [7, 11) is 1.59. The van der Waals surface area contributed by atoms with Gasteiger partial charge in [0.25, 0.3) is 5.91 Å². The summed E-state index contributed by atoms with van der Waals surface area (Å²) in [6, 6.07) is 13.1. The molecule has 0 saturated heterocycles. The van der Waals surface area contributed by atoms with Crippen LogP contribution < -0.4 is 10.1 Å². The van der Waals surface area contributed by atoms with Gasteiger partial charge in [-0.05, 0) is 38.1 Å². The molecule has 2 aromatic rings. The number of hydrogen-bond donors (Lipinski definition) is 1. The fraction of sp³-hybridized carbons (Fsp3) is 0.188. The molecule has 98 valence electrons. The van der Waals surface area contributed by atoms with E-state index in [0.717, 1.165) is 11.1 Å². The Bertz CT molecular complexity index is 585. The van der Waals surface area contributed by atoms with Gasteiger partial charge in [-0.25, -0.2) is 0 Å². The lowest BCUT2D eigenvalue weighted by Gasteiger charge is -2.10. The van der Waals surface area contributed by atoms with E-state index < -0.39 is 0 Å². The van der Waals surface area contributed by atoms with Crippen LogP contribution in [0.2, 0.25) is 0 Å². The predicted molar refractivity (Wildman–Crippen MR) is 76.9 cm³/mol. The molecule has 0 aliphatic rings. The lowest BCUT2D eigenvalue weighted by molar-refractivity contribution is 0.102.